The van der Waals surface area contributed by atoms with Crippen LogP contribution in [0, 0.1) is 0 Å². The second-order valence-electron chi connectivity index (χ2n) is 4.79. The van der Waals surface area contributed by atoms with Gasteiger partial charge < -0.3 is 16.4 Å². The summed E-state index contributed by atoms with van der Waals surface area (Å²) in [6, 6.07) is 5.06. The minimum absolute atomic E-state index is 0.0750. The van der Waals surface area contributed by atoms with E-state index in [2.05, 4.69) is 10.6 Å². The molecule has 0 radical (unpaired) electrons. The average molecular weight is 298 g/mol. The number of hydrogen-bond donors (Lipinski definition) is 3. The molecular formula is C14H20ClN3O2. The van der Waals surface area contributed by atoms with Crippen molar-refractivity contribution in [1.82, 2.24) is 0 Å². The van der Waals surface area contributed by atoms with Gasteiger partial charge in [-0.2, -0.15) is 0 Å². The summed E-state index contributed by atoms with van der Waals surface area (Å²) >= 11 is 6.02. The molecule has 20 heavy (non-hydrogen) atoms. The molecule has 110 valence electrons. The first kappa shape index (κ1) is 16.5. The number of nitrogens with two attached hydrogens (primary N) is 1. The Labute approximate surface area is 123 Å². The molecule has 1 rings (SSSR count). The molecule has 1 aromatic rings. The maximum atomic E-state index is 11.7. The first-order valence-electron chi connectivity index (χ1n) is 6.51. The summed E-state index contributed by atoms with van der Waals surface area (Å²) in [5.74, 6) is -0.270. The van der Waals surface area contributed by atoms with Crippen molar-refractivity contribution in [2.24, 2.45) is 5.73 Å². The highest BCUT2D eigenvalue weighted by molar-refractivity contribution is 6.34. The number of nitrogens with one attached hydrogen (secondary N) is 2. The maximum absolute atomic E-state index is 11.7. The van der Waals surface area contributed by atoms with Gasteiger partial charge in [-0.25, -0.2) is 0 Å². The lowest BCUT2D eigenvalue weighted by atomic mass is 10.1. The molecule has 0 aliphatic carbocycles. The van der Waals surface area contributed by atoms with E-state index < -0.39 is 0 Å². The van der Waals surface area contributed by atoms with Gasteiger partial charge in [-0.05, 0) is 38.0 Å². The van der Waals surface area contributed by atoms with E-state index in [1.54, 1.807) is 18.2 Å². The molecule has 0 aliphatic rings. The summed E-state index contributed by atoms with van der Waals surface area (Å²) < 4.78 is 0. The molecule has 6 heteroatoms. The summed E-state index contributed by atoms with van der Waals surface area (Å²) in [4.78, 5) is 22.7. The van der Waals surface area contributed by atoms with Crippen molar-refractivity contribution >= 4 is 34.8 Å². The molecule has 0 aromatic heterocycles. The molecule has 0 saturated carbocycles. The topological polar surface area (TPSA) is 84.2 Å². The Bertz CT molecular complexity index is 489. The van der Waals surface area contributed by atoms with Crippen molar-refractivity contribution in [2.75, 3.05) is 10.6 Å². The predicted molar refractivity (Wildman–Crippen MR) is 81.9 cm³/mol. The molecule has 0 aliphatic heterocycles. The largest absolute Gasteiger partial charge is 0.328 e. The molecule has 1 aromatic carbocycles. The number of halogens is 1. The Morgan fingerprint density at radius 2 is 2.05 bits per heavy atom. The van der Waals surface area contributed by atoms with Crippen molar-refractivity contribution in [3.8, 4) is 0 Å². The van der Waals surface area contributed by atoms with Crippen LogP contribution >= 0.6 is 11.6 Å². The molecule has 1 unspecified atom stereocenters. The number of benzene rings is 1. The van der Waals surface area contributed by atoms with Crippen LogP contribution in [-0.2, 0) is 9.59 Å². The SMILES string of the molecule is CC(=O)Nc1ccc(NC(=O)CCCC(C)N)cc1Cl. The number of hydrogen-bond acceptors (Lipinski definition) is 3. The van der Waals surface area contributed by atoms with Crippen LogP contribution in [-0.4, -0.2) is 17.9 Å². The van der Waals surface area contributed by atoms with E-state index in [0.29, 0.717) is 22.8 Å². The van der Waals surface area contributed by atoms with Crippen LogP contribution < -0.4 is 16.4 Å². The molecule has 0 bridgehead atoms. The minimum atomic E-state index is -0.195. The Hall–Kier alpha value is -1.59. The number of carbonyl (C=O) groups excluding carboxylic acids is 2. The van der Waals surface area contributed by atoms with E-state index in [0.717, 1.165) is 12.8 Å². The lowest BCUT2D eigenvalue weighted by Crippen LogP contribution is -2.16. The zero-order chi connectivity index (χ0) is 15.1. The van der Waals surface area contributed by atoms with E-state index >= 15 is 0 Å². The summed E-state index contributed by atoms with van der Waals surface area (Å²) in [5.41, 5.74) is 6.75. The second-order valence-corrected chi connectivity index (χ2v) is 5.20. The summed E-state index contributed by atoms with van der Waals surface area (Å²) in [7, 11) is 0. The van der Waals surface area contributed by atoms with Gasteiger partial charge in [0.05, 0.1) is 10.7 Å². The van der Waals surface area contributed by atoms with E-state index in [9.17, 15) is 9.59 Å². The predicted octanol–water partition coefficient (Wildman–Crippen LogP) is 2.75. The highest BCUT2D eigenvalue weighted by Crippen LogP contribution is 2.25. The van der Waals surface area contributed by atoms with Crippen LogP contribution in [0.5, 0.6) is 0 Å². The van der Waals surface area contributed by atoms with Gasteiger partial charge in [-0.3, -0.25) is 9.59 Å². The summed E-state index contributed by atoms with van der Waals surface area (Å²) in [6.07, 6.45) is 1.99. The zero-order valence-corrected chi connectivity index (χ0v) is 12.5. The molecular weight excluding hydrogens is 278 g/mol. The third-order valence-corrected chi connectivity index (χ3v) is 2.94. The van der Waals surface area contributed by atoms with Crippen LogP contribution in [0.2, 0.25) is 5.02 Å². The third kappa shape index (κ3) is 6.04. The summed E-state index contributed by atoms with van der Waals surface area (Å²) in [5, 5.41) is 5.75. The van der Waals surface area contributed by atoms with Gasteiger partial charge in [0.15, 0.2) is 0 Å². The van der Waals surface area contributed by atoms with Crippen molar-refractivity contribution in [3.05, 3.63) is 23.2 Å². The first-order valence-corrected chi connectivity index (χ1v) is 6.89. The van der Waals surface area contributed by atoms with Crippen molar-refractivity contribution in [3.63, 3.8) is 0 Å². The van der Waals surface area contributed by atoms with E-state index in [1.165, 1.54) is 6.92 Å². The smallest absolute Gasteiger partial charge is 0.224 e. The highest BCUT2D eigenvalue weighted by Gasteiger charge is 2.07. The van der Waals surface area contributed by atoms with Crippen LogP contribution in [0.3, 0.4) is 0 Å². The van der Waals surface area contributed by atoms with E-state index in [1.807, 2.05) is 6.92 Å². The lowest BCUT2D eigenvalue weighted by molar-refractivity contribution is -0.116. The van der Waals surface area contributed by atoms with Crippen LogP contribution in [0.15, 0.2) is 18.2 Å². The number of carbonyl (C=O) groups is 2. The monoisotopic (exact) mass is 297 g/mol. The molecule has 1 atom stereocenters. The van der Waals surface area contributed by atoms with Crippen LogP contribution in [0.4, 0.5) is 11.4 Å². The Morgan fingerprint density at radius 1 is 1.35 bits per heavy atom. The van der Waals surface area contributed by atoms with Gasteiger partial charge in [0.2, 0.25) is 11.8 Å². The fourth-order valence-electron chi connectivity index (χ4n) is 1.69. The van der Waals surface area contributed by atoms with Gasteiger partial charge in [-0.15, -0.1) is 0 Å². The Kier molecular flexibility index (Phi) is 6.48. The van der Waals surface area contributed by atoms with Crippen molar-refractivity contribution in [1.29, 1.82) is 0 Å². The highest BCUT2D eigenvalue weighted by atomic mass is 35.5. The molecule has 0 saturated heterocycles. The molecule has 0 heterocycles. The van der Waals surface area contributed by atoms with Gasteiger partial charge in [0.1, 0.15) is 0 Å². The molecule has 5 nitrogen and oxygen atoms in total. The zero-order valence-electron chi connectivity index (χ0n) is 11.7. The lowest BCUT2D eigenvalue weighted by Gasteiger charge is -2.09. The van der Waals surface area contributed by atoms with Gasteiger partial charge in [0.25, 0.3) is 0 Å². The molecule has 4 N–H and O–H groups in total. The minimum Gasteiger partial charge on any atom is -0.328 e. The van der Waals surface area contributed by atoms with Gasteiger partial charge in [0, 0.05) is 25.1 Å². The summed E-state index contributed by atoms with van der Waals surface area (Å²) in [6.45, 7) is 3.32. The number of anilines is 2. The molecule has 2 amide bonds. The second kappa shape index (κ2) is 7.87. The van der Waals surface area contributed by atoms with Crippen LogP contribution in [0.1, 0.15) is 33.1 Å². The third-order valence-electron chi connectivity index (χ3n) is 2.63. The van der Waals surface area contributed by atoms with Crippen molar-refractivity contribution < 1.29 is 9.59 Å². The number of rotatable bonds is 6. The van der Waals surface area contributed by atoms with Crippen LogP contribution in [0.25, 0.3) is 0 Å². The van der Waals surface area contributed by atoms with Crippen molar-refractivity contribution in [2.45, 2.75) is 39.2 Å². The number of amides is 2. The Morgan fingerprint density at radius 3 is 2.60 bits per heavy atom. The molecule has 0 spiro atoms. The Balaban J connectivity index is 2.54. The fraction of sp³-hybridized carbons (Fsp3) is 0.429. The molecule has 0 fully saturated rings. The fourth-order valence-corrected chi connectivity index (χ4v) is 1.92. The standard InChI is InChI=1S/C14H20ClN3O2/c1-9(16)4-3-5-14(20)18-11-6-7-13(12(15)8-11)17-10(2)19/h6-9H,3-5,16H2,1-2H3,(H,17,19)(H,18,20). The van der Waals surface area contributed by atoms with Gasteiger partial charge in [-0.1, -0.05) is 11.6 Å². The van der Waals surface area contributed by atoms with E-state index in [4.69, 9.17) is 17.3 Å². The first-order chi connectivity index (χ1) is 9.38. The normalized spacial score (nSPS) is 11.8. The maximum Gasteiger partial charge on any atom is 0.224 e. The van der Waals surface area contributed by atoms with Gasteiger partial charge >= 0.3 is 0 Å². The quantitative estimate of drug-likeness (QED) is 0.755. The van der Waals surface area contributed by atoms with E-state index in [-0.39, 0.29) is 17.9 Å². The average Bonchev–Trinajstić information content (AvgIpc) is 2.31.